The minimum Gasteiger partial charge on any atom is -0.462 e. The van der Waals surface area contributed by atoms with Crippen LogP contribution >= 0.6 is 7.82 Å². The van der Waals surface area contributed by atoms with E-state index in [0.29, 0.717) is 36.7 Å². The number of rotatable bonds is 40. The minimum atomic E-state index is -4.43. The number of aliphatic hydroxyl groups is 2. The van der Waals surface area contributed by atoms with Crippen LogP contribution in [0.1, 0.15) is 168 Å². The number of likely N-dealkylation sites (N-methyl/N-ethyl adjacent to an activating group) is 1. The highest BCUT2D eigenvalue weighted by atomic mass is 31.2. The molecule has 0 saturated heterocycles. The van der Waals surface area contributed by atoms with Gasteiger partial charge in [0.1, 0.15) is 19.8 Å². The molecule has 0 aliphatic heterocycles. The molecular weight excluding hydrogens is 757 g/mol. The molecule has 0 rings (SSSR count). The third kappa shape index (κ3) is 39.4. The third-order valence-corrected chi connectivity index (χ3v) is 10.5. The molecule has 0 aromatic heterocycles. The zero-order valence-electron chi connectivity index (χ0n) is 37.2. The van der Waals surface area contributed by atoms with Gasteiger partial charge in [-0.3, -0.25) is 18.6 Å². The van der Waals surface area contributed by atoms with E-state index in [1.54, 1.807) is 0 Å². The molecule has 12 heteroatoms. The predicted octanol–water partition coefficient (Wildman–Crippen LogP) is 10.6. The number of carbonyl (C=O) groups excluding carboxylic acids is 2. The fourth-order valence-electron chi connectivity index (χ4n) is 5.82. The number of hydrogen-bond donors (Lipinski definition) is 3. The molecule has 0 heterocycles. The van der Waals surface area contributed by atoms with Gasteiger partial charge in [0.15, 0.2) is 6.10 Å². The largest absolute Gasteiger partial charge is 0.472 e. The number of nitrogens with zero attached hydrogens (tertiary/aromatic N) is 1. The fraction of sp³-hybridized carbons (Fsp3) is 0.783. The van der Waals surface area contributed by atoms with Crippen LogP contribution < -0.4 is 0 Å². The monoisotopic (exact) mass is 843 g/mol. The van der Waals surface area contributed by atoms with E-state index in [-0.39, 0.29) is 26.1 Å². The summed E-state index contributed by atoms with van der Waals surface area (Å²) in [6, 6.07) is 0. The Balaban J connectivity index is 4.56. The summed E-state index contributed by atoms with van der Waals surface area (Å²) in [5, 5.41) is 20.5. The summed E-state index contributed by atoms with van der Waals surface area (Å²) in [5.41, 5.74) is 0. The molecule has 0 aliphatic rings. The first-order chi connectivity index (χ1) is 27.8. The Bertz CT molecular complexity index is 1170. The maximum Gasteiger partial charge on any atom is 0.472 e. The van der Waals surface area contributed by atoms with Crippen molar-refractivity contribution in [1.29, 1.82) is 0 Å². The second kappa shape index (κ2) is 37.9. The van der Waals surface area contributed by atoms with Gasteiger partial charge in [0, 0.05) is 12.8 Å². The molecule has 0 amide bonds. The molecular formula is C46H85NO10P+. The second-order valence-electron chi connectivity index (χ2n) is 16.4. The molecule has 0 spiro atoms. The average molecular weight is 843 g/mol. The van der Waals surface area contributed by atoms with Gasteiger partial charge in [-0.1, -0.05) is 133 Å². The van der Waals surface area contributed by atoms with Gasteiger partial charge in [0.05, 0.1) is 40.0 Å². The van der Waals surface area contributed by atoms with Crippen molar-refractivity contribution in [1.82, 2.24) is 0 Å². The van der Waals surface area contributed by atoms with E-state index in [1.165, 1.54) is 51.4 Å². The highest BCUT2D eigenvalue weighted by Gasteiger charge is 2.27. The van der Waals surface area contributed by atoms with Crippen LogP contribution in [0.4, 0.5) is 0 Å². The zero-order chi connectivity index (χ0) is 43.2. The number of unbranched alkanes of at least 4 members (excludes halogenated alkanes) is 14. The van der Waals surface area contributed by atoms with Crippen molar-refractivity contribution in [3.63, 3.8) is 0 Å². The van der Waals surface area contributed by atoms with Crippen LogP contribution in [0.2, 0.25) is 0 Å². The SMILES string of the molecule is CCCCC/C=C\C[C@H](O)[C@@H](O)CCCCCCCC(=O)O[C@H](COC(=O)CCC/C=C\C/C=C\C/C=C\CCCCCCCC)COP(=O)(O)OCC[N+](C)(C)C. The lowest BCUT2D eigenvalue weighted by Gasteiger charge is -2.24. The van der Waals surface area contributed by atoms with E-state index >= 15 is 0 Å². The van der Waals surface area contributed by atoms with E-state index in [4.69, 9.17) is 18.5 Å². The molecule has 3 N–H and O–H groups in total. The van der Waals surface area contributed by atoms with Crippen molar-refractivity contribution in [2.24, 2.45) is 0 Å². The van der Waals surface area contributed by atoms with Gasteiger partial charge in [-0.25, -0.2) is 4.57 Å². The zero-order valence-corrected chi connectivity index (χ0v) is 38.1. The predicted molar refractivity (Wildman–Crippen MR) is 236 cm³/mol. The lowest BCUT2D eigenvalue weighted by Crippen LogP contribution is -2.37. The maximum absolute atomic E-state index is 12.7. The lowest BCUT2D eigenvalue weighted by atomic mass is 10.0. The van der Waals surface area contributed by atoms with E-state index in [1.807, 2.05) is 33.3 Å². The number of ether oxygens (including phenoxy) is 2. The van der Waals surface area contributed by atoms with E-state index in [2.05, 4.69) is 50.3 Å². The third-order valence-electron chi connectivity index (χ3n) is 9.53. The van der Waals surface area contributed by atoms with Crippen molar-refractivity contribution in [3.8, 4) is 0 Å². The summed E-state index contributed by atoms with van der Waals surface area (Å²) in [6.45, 7) is 4.11. The number of phosphoric acid groups is 1. The maximum atomic E-state index is 12.7. The summed E-state index contributed by atoms with van der Waals surface area (Å²) in [5.74, 6) is -0.974. The van der Waals surface area contributed by atoms with Gasteiger partial charge in [0.2, 0.25) is 0 Å². The molecule has 58 heavy (non-hydrogen) atoms. The van der Waals surface area contributed by atoms with Crippen LogP contribution in [-0.2, 0) is 32.7 Å². The van der Waals surface area contributed by atoms with Crippen molar-refractivity contribution in [2.75, 3.05) is 47.5 Å². The van der Waals surface area contributed by atoms with E-state index in [9.17, 15) is 29.3 Å². The molecule has 0 fully saturated rings. The Morgan fingerprint density at radius 3 is 1.78 bits per heavy atom. The topological polar surface area (TPSA) is 149 Å². The fourth-order valence-corrected chi connectivity index (χ4v) is 6.56. The summed E-state index contributed by atoms with van der Waals surface area (Å²) in [4.78, 5) is 35.4. The number of allylic oxidation sites excluding steroid dienone is 7. The summed E-state index contributed by atoms with van der Waals surface area (Å²) < 4.78 is 34.1. The van der Waals surface area contributed by atoms with Crippen LogP contribution in [0.25, 0.3) is 0 Å². The highest BCUT2D eigenvalue weighted by molar-refractivity contribution is 7.47. The smallest absolute Gasteiger partial charge is 0.462 e. The molecule has 11 nitrogen and oxygen atoms in total. The highest BCUT2D eigenvalue weighted by Crippen LogP contribution is 2.43. The number of esters is 2. The van der Waals surface area contributed by atoms with Gasteiger partial charge in [-0.2, -0.15) is 0 Å². The van der Waals surface area contributed by atoms with E-state index < -0.39 is 44.7 Å². The summed E-state index contributed by atoms with van der Waals surface area (Å²) in [7, 11) is 1.35. The normalized spacial score (nSPS) is 15.1. The molecule has 0 saturated carbocycles. The molecule has 1 unspecified atom stereocenters. The first-order valence-corrected chi connectivity index (χ1v) is 24.0. The van der Waals surface area contributed by atoms with Gasteiger partial charge >= 0.3 is 19.8 Å². The Morgan fingerprint density at radius 1 is 0.603 bits per heavy atom. The molecule has 0 aromatic carbocycles. The van der Waals surface area contributed by atoms with E-state index in [0.717, 1.165) is 64.2 Å². The first kappa shape index (κ1) is 55.9. The lowest BCUT2D eigenvalue weighted by molar-refractivity contribution is -0.870. The van der Waals surface area contributed by atoms with Crippen LogP contribution in [0.15, 0.2) is 48.6 Å². The second-order valence-corrected chi connectivity index (χ2v) is 17.8. The standard InChI is InChI=1S/C46H84NO10P/c1-6-8-10-12-14-15-16-17-18-19-20-21-22-23-24-28-32-36-45(50)54-40-42(41-56-58(52,53)55-39-38-47(3,4)5)57-46(51)37-33-29-25-27-31-35-44(49)43(48)34-30-26-13-11-9-7-2/h17-18,20-21,23-24,26,30,42-44,48-49H,6-16,19,22,25,27-29,31-41H2,1-5H3/p+1/b18-17-,21-20-,24-23-,30-26-/t42-,43+,44+/m1/s1. The number of aliphatic hydroxyl groups excluding tert-OH is 2. The van der Waals surface area contributed by atoms with Crippen molar-refractivity contribution in [2.45, 2.75) is 186 Å². The number of phosphoric ester groups is 1. The molecule has 4 atom stereocenters. The van der Waals surface area contributed by atoms with Crippen molar-refractivity contribution in [3.05, 3.63) is 48.6 Å². The van der Waals surface area contributed by atoms with Gasteiger partial charge in [0.25, 0.3) is 0 Å². The Morgan fingerprint density at radius 2 is 1.12 bits per heavy atom. The molecule has 0 aromatic rings. The number of quaternary nitrogens is 1. The van der Waals surface area contributed by atoms with Gasteiger partial charge in [-0.15, -0.1) is 0 Å². The first-order valence-electron chi connectivity index (χ1n) is 22.5. The molecule has 0 radical (unpaired) electrons. The number of hydrogen-bond acceptors (Lipinski definition) is 9. The van der Waals surface area contributed by atoms with Crippen molar-refractivity contribution >= 4 is 19.8 Å². The number of carbonyl (C=O) groups is 2. The Hall–Kier alpha value is -2.11. The average Bonchev–Trinajstić information content (AvgIpc) is 3.17. The van der Waals surface area contributed by atoms with Gasteiger partial charge < -0.3 is 29.1 Å². The van der Waals surface area contributed by atoms with Gasteiger partial charge in [-0.05, 0) is 70.6 Å². The van der Waals surface area contributed by atoms with Crippen LogP contribution in [0.3, 0.4) is 0 Å². The summed E-state index contributed by atoms with van der Waals surface area (Å²) >= 11 is 0. The molecule has 0 bridgehead atoms. The van der Waals surface area contributed by atoms with Crippen LogP contribution in [0.5, 0.6) is 0 Å². The minimum absolute atomic E-state index is 0.00572. The van der Waals surface area contributed by atoms with Crippen LogP contribution in [0, 0.1) is 0 Å². The Kier molecular flexibility index (Phi) is 36.5. The molecule has 338 valence electrons. The quantitative estimate of drug-likeness (QED) is 0.0179. The Labute approximate surface area is 353 Å². The molecule has 0 aliphatic carbocycles. The summed E-state index contributed by atoms with van der Waals surface area (Å²) in [6.07, 6.45) is 36.2. The van der Waals surface area contributed by atoms with Crippen LogP contribution in [-0.4, -0.2) is 97.3 Å². The van der Waals surface area contributed by atoms with Crippen molar-refractivity contribution < 1.29 is 52.3 Å².